The molecule has 0 amide bonds. The van der Waals surface area contributed by atoms with Crippen LogP contribution in [0, 0.1) is 5.82 Å². The summed E-state index contributed by atoms with van der Waals surface area (Å²) in [5.74, 6) is 0.311. The molecule has 3 rings (SSSR count). The topological polar surface area (TPSA) is 29.5 Å². The summed E-state index contributed by atoms with van der Waals surface area (Å²) in [5.41, 5.74) is 2.19. The third-order valence-corrected chi connectivity index (χ3v) is 4.64. The Morgan fingerprint density at radius 2 is 2.00 bits per heavy atom. The van der Waals surface area contributed by atoms with Crippen molar-refractivity contribution in [2.24, 2.45) is 0 Å². The van der Waals surface area contributed by atoms with Crippen LogP contribution in [0.15, 0.2) is 39.3 Å². The molecule has 1 atom stereocenters. The van der Waals surface area contributed by atoms with Crippen LogP contribution in [0.5, 0.6) is 5.75 Å². The van der Waals surface area contributed by atoms with Gasteiger partial charge in [-0.3, -0.25) is 0 Å². The predicted octanol–water partition coefficient (Wildman–Crippen LogP) is 4.37. The maximum absolute atomic E-state index is 13.6. The first-order valence-electron chi connectivity index (χ1n) is 6.15. The number of ether oxygens (including phenoxy) is 1. The van der Waals surface area contributed by atoms with Crippen LogP contribution in [0.1, 0.15) is 22.8 Å². The third kappa shape index (κ3) is 2.38. The summed E-state index contributed by atoms with van der Waals surface area (Å²) < 4.78 is 20.4. The second kappa shape index (κ2) is 5.47. The first-order valence-corrected chi connectivity index (χ1v) is 7.73. The molecule has 0 radical (unpaired) electrons. The van der Waals surface area contributed by atoms with Crippen molar-refractivity contribution >= 4 is 31.9 Å². The van der Waals surface area contributed by atoms with Crippen LogP contribution in [0.25, 0.3) is 0 Å². The fourth-order valence-electron chi connectivity index (χ4n) is 2.40. The lowest BCUT2D eigenvalue weighted by molar-refractivity contribution is 0.212. The Morgan fingerprint density at radius 1 is 1.20 bits per heavy atom. The Balaban J connectivity index is 2.11. The summed E-state index contributed by atoms with van der Waals surface area (Å²) in [6, 6.07) is 8.42. The van der Waals surface area contributed by atoms with Gasteiger partial charge >= 0.3 is 0 Å². The molecule has 0 fully saturated rings. The first-order chi connectivity index (χ1) is 9.58. The molecule has 104 valence electrons. The molecule has 2 nitrogen and oxygen atoms in total. The molecular formula is C15H11Br2FO2. The van der Waals surface area contributed by atoms with E-state index in [4.69, 9.17) is 4.74 Å². The highest BCUT2D eigenvalue weighted by Crippen LogP contribution is 2.40. The third-order valence-electron chi connectivity index (χ3n) is 3.35. The Morgan fingerprint density at radius 3 is 2.80 bits per heavy atom. The Bertz CT molecular complexity index is 673. The van der Waals surface area contributed by atoms with Gasteiger partial charge in [-0.15, -0.1) is 0 Å². The van der Waals surface area contributed by atoms with Crippen LogP contribution in [0.2, 0.25) is 0 Å². The van der Waals surface area contributed by atoms with Gasteiger partial charge in [-0.25, -0.2) is 4.39 Å². The van der Waals surface area contributed by atoms with Crippen molar-refractivity contribution in [3.05, 3.63) is 61.8 Å². The molecule has 0 saturated heterocycles. The van der Waals surface area contributed by atoms with Crippen LogP contribution < -0.4 is 4.74 Å². The number of hydrogen-bond acceptors (Lipinski definition) is 2. The molecule has 1 aliphatic rings. The van der Waals surface area contributed by atoms with Crippen molar-refractivity contribution in [2.45, 2.75) is 12.5 Å². The number of aliphatic hydroxyl groups is 1. The average Bonchev–Trinajstić information content (AvgIpc) is 2.88. The van der Waals surface area contributed by atoms with Gasteiger partial charge in [0.2, 0.25) is 0 Å². The average molecular weight is 402 g/mol. The van der Waals surface area contributed by atoms with Crippen molar-refractivity contribution in [3.63, 3.8) is 0 Å². The minimum atomic E-state index is -0.940. The van der Waals surface area contributed by atoms with E-state index in [1.165, 1.54) is 6.07 Å². The molecular weight excluding hydrogens is 391 g/mol. The molecule has 0 spiro atoms. The number of rotatable bonds is 2. The van der Waals surface area contributed by atoms with Crippen molar-refractivity contribution in [1.29, 1.82) is 0 Å². The number of fused-ring (bicyclic) bond motifs is 1. The summed E-state index contributed by atoms with van der Waals surface area (Å²) in [6.07, 6.45) is -0.122. The van der Waals surface area contributed by atoms with Crippen molar-refractivity contribution in [2.75, 3.05) is 6.61 Å². The normalized spacial score (nSPS) is 14.8. The number of benzene rings is 2. The summed E-state index contributed by atoms with van der Waals surface area (Å²) in [6.45, 7) is 0.607. The standard InChI is InChI=1S/C15H11Br2FO2/c16-9-6-8-4-5-20-15(8)11(7-9)14(19)10-2-1-3-12(18)13(10)17/h1-3,6-7,14,19H,4-5H2. The van der Waals surface area contributed by atoms with Gasteiger partial charge in [0, 0.05) is 22.0 Å². The lowest BCUT2D eigenvalue weighted by Gasteiger charge is -2.17. The van der Waals surface area contributed by atoms with E-state index in [-0.39, 0.29) is 4.47 Å². The molecule has 1 aliphatic heterocycles. The molecule has 5 heteroatoms. The van der Waals surface area contributed by atoms with E-state index in [1.807, 2.05) is 12.1 Å². The van der Waals surface area contributed by atoms with E-state index < -0.39 is 11.9 Å². The SMILES string of the molecule is OC(c1cccc(F)c1Br)c1cc(Br)cc2c1OCC2. The maximum atomic E-state index is 13.6. The van der Waals surface area contributed by atoms with Crippen molar-refractivity contribution in [3.8, 4) is 5.75 Å². The van der Waals surface area contributed by atoms with Gasteiger partial charge in [0.15, 0.2) is 0 Å². The van der Waals surface area contributed by atoms with Crippen LogP contribution >= 0.6 is 31.9 Å². The zero-order valence-corrected chi connectivity index (χ0v) is 13.5. The molecule has 1 unspecified atom stereocenters. The number of aliphatic hydroxyl groups excluding tert-OH is 1. The van der Waals surface area contributed by atoms with Gasteiger partial charge in [-0.05, 0) is 39.7 Å². The Hall–Kier alpha value is -0.910. The van der Waals surface area contributed by atoms with Gasteiger partial charge in [0.05, 0.1) is 11.1 Å². The van der Waals surface area contributed by atoms with Gasteiger partial charge < -0.3 is 9.84 Å². The van der Waals surface area contributed by atoms with Gasteiger partial charge in [0.25, 0.3) is 0 Å². The van der Waals surface area contributed by atoms with E-state index >= 15 is 0 Å². The van der Waals surface area contributed by atoms with E-state index in [1.54, 1.807) is 12.1 Å². The van der Waals surface area contributed by atoms with E-state index in [0.717, 1.165) is 16.5 Å². The van der Waals surface area contributed by atoms with E-state index in [0.29, 0.717) is 23.5 Å². The summed E-state index contributed by atoms with van der Waals surface area (Å²) in [7, 11) is 0. The molecule has 0 aromatic heterocycles. The summed E-state index contributed by atoms with van der Waals surface area (Å²) in [4.78, 5) is 0. The zero-order chi connectivity index (χ0) is 14.3. The van der Waals surface area contributed by atoms with Crippen molar-refractivity contribution < 1.29 is 14.2 Å². The largest absolute Gasteiger partial charge is 0.493 e. The highest BCUT2D eigenvalue weighted by atomic mass is 79.9. The highest BCUT2D eigenvalue weighted by Gasteiger charge is 2.24. The second-order valence-corrected chi connectivity index (χ2v) is 6.34. The van der Waals surface area contributed by atoms with E-state index in [9.17, 15) is 9.50 Å². The molecule has 0 bridgehead atoms. The summed E-state index contributed by atoms with van der Waals surface area (Å²) >= 11 is 6.63. The Kier molecular flexibility index (Phi) is 3.84. The molecule has 1 heterocycles. The quantitative estimate of drug-likeness (QED) is 0.809. The minimum Gasteiger partial charge on any atom is -0.493 e. The van der Waals surface area contributed by atoms with Gasteiger partial charge in [-0.1, -0.05) is 28.1 Å². The fraction of sp³-hybridized carbons (Fsp3) is 0.200. The molecule has 2 aromatic carbocycles. The zero-order valence-electron chi connectivity index (χ0n) is 10.4. The van der Waals surface area contributed by atoms with Crippen molar-refractivity contribution in [1.82, 2.24) is 0 Å². The van der Waals surface area contributed by atoms with Gasteiger partial charge in [-0.2, -0.15) is 0 Å². The summed E-state index contributed by atoms with van der Waals surface area (Å²) in [5, 5.41) is 10.6. The van der Waals surface area contributed by atoms with Crippen LogP contribution in [0.4, 0.5) is 4.39 Å². The minimum absolute atomic E-state index is 0.277. The smallest absolute Gasteiger partial charge is 0.137 e. The van der Waals surface area contributed by atoms with Gasteiger partial charge in [0.1, 0.15) is 17.7 Å². The lowest BCUT2D eigenvalue weighted by atomic mass is 9.98. The highest BCUT2D eigenvalue weighted by molar-refractivity contribution is 9.10. The second-order valence-electron chi connectivity index (χ2n) is 4.63. The van der Waals surface area contributed by atoms with Crippen LogP contribution in [0.3, 0.4) is 0 Å². The monoisotopic (exact) mass is 400 g/mol. The molecule has 0 saturated carbocycles. The molecule has 2 aromatic rings. The number of halogens is 3. The fourth-order valence-corrected chi connectivity index (χ4v) is 3.40. The number of hydrogen-bond donors (Lipinski definition) is 1. The molecule has 0 aliphatic carbocycles. The first kappa shape index (κ1) is 14.0. The Labute approximate surface area is 132 Å². The van der Waals surface area contributed by atoms with Crippen LogP contribution in [-0.4, -0.2) is 11.7 Å². The van der Waals surface area contributed by atoms with Crippen LogP contribution in [-0.2, 0) is 6.42 Å². The predicted molar refractivity (Wildman–Crippen MR) is 81.5 cm³/mol. The van der Waals surface area contributed by atoms with E-state index in [2.05, 4.69) is 31.9 Å². The molecule has 1 N–H and O–H groups in total. The lowest BCUT2D eigenvalue weighted by Crippen LogP contribution is -2.04. The maximum Gasteiger partial charge on any atom is 0.137 e. The molecule has 20 heavy (non-hydrogen) atoms.